The molecular formula is C16H14OS. The fourth-order valence-electron chi connectivity index (χ4n) is 2.36. The molecule has 0 spiro atoms. The van der Waals surface area contributed by atoms with Gasteiger partial charge in [-0.3, -0.25) is 4.79 Å². The van der Waals surface area contributed by atoms with Crippen molar-refractivity contribution in [1.29, 1.82) is 0 Å². The summed E-state index contributed by atoms with van der Waals surface area (Å²) >= 11 is 1.74. The third-order valence-electron chi connectivity index (χ3n) is 3.29. The van der Waals surface area contributed by atoms with E-state index < -0.39 is 0 Å². The molecule has 1 nitrogen and oxygen atoms in total. The number of aryl methyl sites for hydroxylation is 2. The highest BCUT2D eigenvalue weighted by atomic mass is 32.1. The molecule has 0 aliphatic heterocycles. The van der Waals surface area contributed by atoms with Crippen LogP contribution in [0.25, 0.3) is 6.08 Å². The molecule has 2 aromatic rings. The van der Waals surface area contributed by atoms with Gasteiger partial charge in [0.25, 0.3) is 0 Å². The van der Waals surface area contributed by atoms with E-state index in [2.05, 4.69) is 31.2 Å². The van der Waals surface area contributed by atoms with Crippen LogP contribution in [0.3, 0.4) is 0 Å². The minimum atomic E-state index is 0.197. The van der Waals surface area contributed by atoms with Crippen LogP contribution < -0.4 is 0 Å². The number of allylic oxidation sites excluding steroid dienone is 1. The summed E-state index contributed by atoms with van der Waals surface area (Å²) in [4.78, 5) is 14.8. The van der Waals surface area contributed by atoms with Crippen molar-refractivity contribution in [3.8, 4) is 0 Å². The van der Waals surface area contributed by atoms with Gasteiger partial charge >= 0.3 is 0 Å². The fraction of sp³-hybridized carbons (Fsp3) is 0.188. The number of Topliss-reactive ketones (excluding diaryl/α,β-unsaturated/α-hetero) is 1. The molecule has 1 aliphatic rings. The Morgan fingerprint density at radius 1 is 1.11 bits per heavy atom. The Bertz CT molecular complexity index is 634. The van der Waals surface area contributed by atoms with Gasteiger partial charge < -0.3 is 0 Å². The second kappa shape index (κ2) is 4.54. The van der Waals surface area contributed by atoms with Crippen molar-refractivity contribution >= 4 is 23.2 Å². The summed E-state index contributed by atoms with van der Waals surface area (Å²) in [5, 5.41) is 0. The van der Waals surface area contributed by atoms with E-state index in [1.165, 1.54) is 15.3 Å². The lowest BCUT2D eigenvalue weighted by Crippen LogP contribution is -2.13. The summed E-state index contributed by atoms with van der Waals surface area (Å²) < 4.78 is 0. The number of carbonyl (C=O) groups excluding carboxylic acids is 1. The number of benzene rings is 1. The molecule has 18 heavy (non-hydrogen) atoms. The van der Waals surface area contributed by atoms with Gasteiger partial charge in [-0.25, -0.2) is 0 Å². The number of carbonyl (C=O) groups is 1. The van der Waals surface area contributed by atoms with Crippen LogP contribution in [0.2, 0.25) is 0 Å². The van der Waals surface area contributed by atoms with Gasteiger partial charge in [-0.1, -0.05) is 24.3 Å². The molecule has 0 saturated carbocycles. The lowest BCUT2D eigenvalue weighted by atomic mass is 9.86. The van der Waals surface area contributed by atoms with Gasteiger partial charge in [-0.05, 0) is 43.5 Å². The Kier molecular flexibility index (Phi) is 2.88. The Morgan fingerprint density at radius 3 is 2.72 bits per heavy atom. The second-order valence-corrected chi connectivity index (χ2v) is 5.92. The van der Waals surface area contributed by atoms with Crippen molar-refractivity contribution in [3.05, 3.63) is 62.9 Å². The van der Waals surface area contributed by atoms with Crippen molar-refractivity contribution in [2.45, 2.75) is 19.8 Å². The van der Waals surface area contributed by atoms with E-state index in [4.69, 9.17) is 0 Å². The quantitative estimate of drug-likeness (QED) is 0.695. The third kappa shape index (κ3) is 2.04. The Morgan fingerprint density at radius 2 is 1.94 bits per heavy atom. The Hall–Kier alpha value is -1.67. The number of ketones is 1. The minimum absolute atomic E-state index is 0.197. The van der Waals surface area contributed by atoms with Crippen molar-refractivity contribution in [1.82, 2.24) is 0 Å². The molecule has 0 bridgehead atoms. The molecule has 1 heterocycles. The molecule has 1 aromatic carbocycles. The maximum Gasteiger partial charge on any atom is 0.189 e. The normalized spacial score (nSPS) is 16.9. The first-order valence-electron chi connectivity index (χ1n) is 6.13. The third-order valence-corrected chi connectivity index (χ3v) is 4.24. The zero-order chi connectivity index (χ0) is 12.5. The molecule has 0 unspecified atom stereocenters. The van der Waals surface area contributed by atoms with Gasteiger partial charge in [0, 0.05) is 20.9 Å². The first kappa shape index (κ1) is 11.4. The standard InChI is InChI=1S/C16H14OS/c1-11-6-9-14(18-11)10-13-8-7-12-4-2-3-5-15(12)16(13)17/h2-6,9-10H,7-8H2,1H3. The average Bonchev–Trinajstić information content (AvgIpc) is 2.79. The predicted octanol–water partition coefficient (Wildman–Crippen LogP) is 4.27. The number of hydrogen-bond acceptors (Lipinski definition) is 2. The van der Waals surface area contributed by atoms with E-state index in [0.29, 0.717) is 0 Å². The number of hydrogen-bond donors (Lipinski definition) is 0. The Balaban J connectivity index is 1.98. The van der Waals surface area contributed by atoms with Crippen molar-refractivity contribution in [3.63, 3.8) is 0 Å². The van der Waals surface area contributed by atoms with Crippen LogP contribution in [0, 0.1) is 6.92 Å². The summed E-state index contributed by atoms with van der Waals surface area (Å²) in [6.07, 6.45) is 3.88. The van der Waals surface area contributed by atoms with E-state index in [0.717, 1.165) is 24.0 Å². The van der Waals surface area contributed by atoms with E-state index in [9.17, 15) is 4.79 Å². The maximum absolute atomic E-state index is 12.4. The minimum Gasteiger partial charge on any atom is -0.289 e. The molecule has 3 rings (SSSR count). The number of fused-ring (bicyclic) bond motifs is 1. The fourth-order valence-corrected chi connectivity index (χ4v) is 3.20. The predicted molar refractivity (Wildman–Crippen MR) is 76.1 cm³/mol. The van der Waals surface area contributed by atoms with Gasteiger partial charge in [0.05, 0.1) is 0 Å². The monoisotopic (exact) mass is 254 g/mol. The molecule has 0 atom stereocenters. The Labute approximate surface area is 111 Å². The smallest absolute Gasteiger partial charge is 0.189 e. The zero-order valence-corrected chi connectivity index (χ0v) is 11.1. The lowest BCUT2D eigenvalue weighted by Gasteiger charge is -2.16. The van der Waals surface area contributed by atoms with Crippen LogP contribution in [-0.4, -0.2) is 5.78 Å². The van der Waals surface area contributed by atoms with Crippen LogP contribution in [0.5, 0.6) is 0 Å². The molecule has 1 aromatic heterocycles. The van der Waals surface area contributed by atoms with Crippen molar-refractivity contribution in [2.24, 2.45) is 0 Å². The van der Waals surface area contributed by atoms with E-state index in [1.54, 1.807) is 11.3 Å². The van der Waals surface area contributed by atoms with Crippen molar-refractivity contribution in [2.75, 3.05) is 0 Å². The highest BCUT2D eigenvalue weighted by molar-refractivity contribution is 7.12. The van der Waals surface area contributed by atoms with Gasteiger partial charge in [0.1, 0.15) is 0 Å². The molecule has 0 N–H and O–H groups in total. The van der Waals surface area contributed by atoms with Crippen LogP contribution in [0.15, 0.2) is 42.0 Å². The topological polar surface area (TPSA) is 17.1 Å². The molecule has 1 aliphatic carbocycles. The van der Waals surface area contributed by atoms with E-state index in [1.807, 2.05) is 18.2 Å². The van der Waals surface area contributed by atoms with Crippen LogP contribution in [0.1, 0.15) is 32.1 Å². The SMILES string of the molecule is Cc1ccc(C=C2CCc3ccccc3C2=O)s1. The summed E-state index contributed by atoms with van der Waals surface area (Å²) in [7, 11) is 0. The number of thiophene rings is 1. The molecule has 2 heteroatoms. The summed E-state index contributed by atoms with van der Waals surface area (Å²) in [5.41, 5.74) is 3.00. The molecule has 90 valence electrons. The van der Waals surface area contributed by atoms with E-state index >= 15 is 0 Å². The highest BCUT2D eigenvalue weighted by Crippen LogP contribution is 2.28. The summed E-state index contributed by atoms with van der Waals surface area (Å²) in [6.45, 7) is 2.09. The molecule has 0 radical (unpaired) electrons. The van der Waals surface area contributed by atoms with Gasteiger partial charge in [-0.15, -0.1) is 11.3 Å². The second-order valence-electron chi connectivity index (χ2n) is 4.60. The molecule has 0 amide bonds. The van der Waals surface area contributed by atoms with E-state index in [-0.39, 0.29) is 5.78 Å². The largest absolute Gasteiger partial charge is 0.289 e. The van der Waals surface area contributed by atoms with Gasteiger partial charge in [0.15, 0.2) is 5.78 Å². The molecule has 0 fully saturated rings. The highest BCUT2D eigenvalue weighted by Gasteiger charge is 2.21. The maximum atomic E-state index is 12.4. The first-order valence-corrected chi connectivity index (χ1v) is 6.95. The molecule has 0 saturated heterocycles. The van der Waals surface area contributed by atoms with Crippen LogP contribution in [0.4, 0.5) is 0 Å². The first-order chi connectivity index (χ1) is 8.74. The van der Waals surface area contributed by atoms with Crippen LogP contribution >= 0.6 is 11.3 Å². The van der Waals surface area contributed by atoms with Crippen LogP contribution in [-0.2, 0) is 6.42 Å². The average molecular weight is 254 g/mol. The van der Waals surface area contributed by atoms with Gasteiger partial charge in [-0.2, -0.15) is 0 Å². The lowest BCUT2D eigenvalue weighted by molar-refractivity contribution is 0.102. The zero-order valence-electron chi connectivity index (χ0n) is 10.3. The number of rotatable bonds is 1. The van der Waals surface area contributed by atoms with Gasteiger partial charge in [0.2, 0.25) is 0 Å². The summed E-state index contributed by atoms with van der Waals surface area (Å²) in [6, 6.07) is 12.1. The van der Waals surface area contributed by atoms with Crippen molar-refractivity contribution < 1.29 is 4.79 Å². The molecular weight excluding hydrogens is 240 g/mol. The summed E-state index contributed by atoms with van der Waals surface area (Å²) in [5.74, 6) is 0.197.